The minimum atomic E-state index is -1.51. The number of aliphatic carboxylic acids is 2. The van der Waals surface area contributed by atoms with Gasteiger partial charge in [-0.25, -0.2) is 0 Å². The number of rotatable bonds is 13. The number of ether oxygens (including phenoxy) is 1. The van der Waals surface area contributed by atoms with E-state index in [2.05, 4.69) is 16.0 Å². The van der Waals surface area contributed by atoms with Gasteiger partial charge in [-0.3, -0.25) is 24.0 Å². The van der Waals surface area contributed by atoms with Gasteiger partial charge in [-0.1, -0.05) is 12.1 Å². The van der Waals surface area contributed by atoms with Crippen molar-refractivity contribution in [3.05, 3.63) is 29.8 Å². The topological polar surface area (TPSA) is 197 Å². The highest BCUT2D eigenvalue weighted by molar-refractivity contribution is 5.95. The molecule has 36 heavy (non-hydrogen) atoms. The smallest absolute Gasteiger partial charge is 0.322 e. The lowest BCUT2D eigenvalue weighted by molar-refractivity contribution is -0.140. The summed E-state index contributed by atoms with van der Waals surface area (Å²) in [7, 11) is 0. The molecule has 0 spiro atoms. The summed E-state index contributed by atoms with van der Waals surface area (Å²) in [4.78, 5) is 59.3. The third kappa shape index (κ3) is 11.2. The van der Waals surface area contributed by atoms with E-state index in [1.165, 1.54) is 13.8 Å². The van der Waals surface area contributed by atoms with Gasteiger partial charge in [0.1, 0.15) is 29.5 Å². The van der Waals surface area contributed by atoms with Crippen molar-refractivity contribution in [2.24, 2.45) is 5.73 Å². The molecule has 200 valence electrons. The molecular formula is C24H36N4O8. The molecule has 0 aliphatic heterocycles. The lowest BCUT2D eigenvalue weighted by atomic mass is 10.00. The molecule has 12 nitrogen and oxygen atoms in total. The third-order valence-corrected chi connectivity index (χ3v) is 4.83. The highest BCUT2D eigenvalue weighted by Crippen LogP contribution is 2.19. The van der Waals surface area contributed by atoms with E-state index < -0.39 is 60.2 Å². The Hall–Kier alpha value is -3.67. The van der Waals surface area contributed by atoms with E-state index in [4.69, 9.17) is 20.7 Å². The molecule has 0 heterocycles. The van der Waals surface area contributed by atoms with E-state index in [0.29, 0.717) is 5.75 Å². The number of carbonyl (C=O) groups is 5. The third-order valence-electron chi connectivity index (χ3n) is 4.83. The van der Waals surface area contributed by atoms with Crippen molar-refractivity contribution in [3.63, 3.8) is 0 Å². The maximum Gasteiger partial charge on any atom is 0.322 e. The molecule has 0 bridgehead atoms. The second-order valence-corrected chi connectivity index (χ2v) is 9.85. The Labute approximate surface area is 209 Å². The van der Waals surface area contributed by atoms with E-state index in [1.807, 2.05) is 20.8 Å². The average molecular weight is 509 g/mol. The number of carboxylic acid groups (broad SMARTS) is 2. The zero-order chi connectivity index (χ0) is 27.7. The van der Waals surface area contributed by atoms with Crippen LogP contribution in [0.5, 0.6) is 5.75 Å². The normalized spacial score (nSPS) is 13.2. The number of hydrogen-bond donors (Lipinski definition) is 6. The van der Waals surface area contributed by atoms with Crippen LogP contribution < -0.4 is 26.4 Å². The second-order valence-electron chi connectivity index (χ2n) is 9.85. The molecule has 0 aliphatic carbocycles. The van der Waals surface area contributed by atoms with Gasteiger partial charge < -0.3 is 36.6 Å². The summed E-state index contributed by atoms with van der Waals surface area (Å²) in [6, 6.07) is 4.83. The molecule has 7 N–H and O–H groups in total. The number of carboxylic acids is 2. The summed E-state index contributed by atoms with van der Waals surface area (Å²) in [6.45, 7) is 7.88. The van der Waals surface area contributed by atoms with Crippen LogP contribution in [-0.4, -0.2) is 69.6 Å². The minimum Gasteiger partial charge on any atom is -0.488 e. The van der Waals surface area contributed by atoms with E-state index >= 15 is 0 Å². The van der Waals surface area contributed by atoms with Crippen LogP contribution in [-0.2, 0) is 30.4 Å². The Kier molecular flexibility index (Phi) is 10.9. The van der Waals surface area contributed by atoms with Gasteiger partial charge in [0.25, 0.3) is 0 Å². The summed E-state index contributed by atoms with van der Waals surface area (Å²) in [5, 5.41) is 24.6. The fourth-order valence-electron chi connectivity index (χ4n) is 3.01. The second kappa shape index (κ2) is 12.9. The fraction of sp³-hybridized carbons (Fsp3) is 0.542. The first-order valence-corrected chi connectivity index (χ1v) is 11.4. The van der Waals surface area contributed by atoms with Crippen molar-refractivity contribution in [2.75, 3.05) is 6.54 Å². The summed E-state index contributed by atoms with van der Waals surface area (Å²) < 4.78 is 5.76. The standard InChI is InChI=1S/C24H36N4O8/c1-23(2,3)36-15-8-6-14(7-9-15)12-16(25)20(33)28-24(4,5)22(35)27-17(10-11-18(29)30)21(34)26-13-19(31)32/h6-9,16-17H,10-13,25H2,1-5H3,(H,26,34)(H,27,35)(H,28,33)(H,29,30)(H,31,32)/t16-,17-/m0/s1. The van der Waals surface area contributed by atoms with Crippen molar-refractivity contribution < 1.29 is 38.9 Å². The predicted molar refractivity (Wildman–Crippen MR) is 130 cm³/mol. The number of carbonyl (C=O) groups excluding carboxylic acids is 3. The average Bonchev–Trinajstić information content (AvgIpc) is 2.74. The Bertz CT molecular complexity index is 954. The molecule has 0 radical (unpaired) electrons. The molecule has 2 atom stereocenters. The van der Waals surface area contributed by atoms with E-state index in [1.54, 1.807) is 24.3 Å². The number of hydrogen-bond acceptors (Lipinski definition) is 7. The molecule has 0 saturated heterocycles. The van der Waals surface area contributed by atoms with Gasteiger partial charge in [0.15, 0.2) is 0 Å². The maximum absolute atomic E-state index is 12.8. The SMILES string of the molecule is CC(C)(C)Oc1ccc(C[C@H](N)C(=O)NC(C)(C)C(=O)N[C@@H](CCC(=O)O)C(=O)NCC(=O)O)cc1. The Morgan fingerprint density at radius 2 is 1.53 bits per heavy atom. The highest BCUT2D eigenvalue weighted by Gasteiger charge is 2.34. The quantitative estimate of drug-likeness (QED) is 0.215. The molecular weight excluding hydrogens is 472 g/mol. The summed E-state index contributed by atoms with van der Waals surface area (Å²) in [5.74, 6) is -4.06. The minimum absolute atomic E-state index is 0.193. The predicted octanol–water partition coefficient (Wildman–Crippen LogP) is 0.179. The first kappa shape index (κ1) is 30.4. The van der Waals surface area contributed by atoms with Crippen LogP contribution in [0.25, 0.3) is 0 Å². The van der Waals surface area contributed by atoms with E-state index in [9.17, 15) is 24.0 Å². The van der Waals surface area contributed by atoms with Gasteiger partial charge in [0.2, 0.25) is 17.7 Å². The molecule has 1 aromatic carbocycles. The van der Waals surface area contributed by atoms with Crippen molar-refractivity contribution in [3.8, 4) is 5.75 Å². The molecule has 3 amide bonds. The first-order chi connectivity index (χ1) is 16.5. The summed E-state index contributed by atoms with van der Waals surface area (Å²) in [6.07, 6.45) is -0.522. The Morgan fingerprint density at radius 3 is 2.03 bits per heavy atom. The number of amides is 3. The molecule has 1 aromatic rings. The van der Waals surface area contributed by atoms with Gasteiger partial charge in [-0.05, 0) is 65.2 Å². The highest BCUT2D eigenvalue weighted by atomic mass is 16.5. The lowest BCUT2D eigenvalue weighted by Crippen LogP contribution is -2.61. The van der Waals surface area contributed by atoms with Gasteiger partial charge in [0, 0.05) is 6.42 Å². The van der Waals surface area contributed by atoms with Gasteiger partial charge in [-0.2, -0.15) is 0 Å². The first-order valence-electron chi connectivity index (χ1n) is 11.4. The van der Waals surface area contributed by atoms with E-state index in [-0.39, 0.29) is 18.4 Å². The monoisotopic (exact) mass is 508 g/mol. The molecule has 1 rings (SSSR count). The molecule has 0 fully saturated rings. The zero-order valence-electron chi connectivity index (χ0n) is 21.2. The van der Waals surface area contributed by atoms with Crippen LogP contribution in [0.15, 0.2) is 24.3 Å². The number of nitrogens with two attached hydrogens (primary N) is 1. The number of benzene rings is 1. The van der Waals surface area contributed by atoms with Crippen LogP contribution >= 0.6 is 0 Å². The molecule has 0 unspecified atom stereocenters. The van der Waals surface area contributed by atoms with Crippen LogP contribution in [0.2, 0.25) is 0 Å². The Morgan fingerprint density at radius 1 is 0.944 bits per heavy atom. The lowest BCUT2D eigenvalue weighted by Gasteiger charge is -2.29. The van der Waals surface area contributed by atoms with Crippen molar-refractivity contribution in [1.82, 2.24) is 16.0 Å². The van der Waals surface area contributed by atoms with Gasteiger partial charge in [-0.15, -0.1) is 0 Å². The zero-order valence-corrected chi connectivity index (χ0v) is 21.2. The van der Waals surface area contributed by atoms with Gasteiger partial charge >= 0.3 is 11.9 Å². The van der Waals surface area contributed by atoms with E-state index in [0.717, 1.165) is 5.56 Å². The summed E-state index contributed by atoms with van der Waals surface area (Å²) in [5.41, 5.74) is 4.96. The fourth-order valence-corrected chi connectivity index (χ4v) is 3.01. The van der Waals surface area contributed by atoms with Crippen LogP contribution in [0.3, 0.4) is 0 Å². The van der Waals surface area contributed by atoms with Crippen LogP contribution in [0.4, 0.5) is 0 Å². The number of nitrogens with one attached hydrogen (secondary N) is 3. The van der Waals surface area contributed by atoms with Crippen molar-refractivity contribution in [1.29, 1.82) is 0 Å². The molecule has 12 heteroatoms. The molecule has 0 aliphatic rings. The van der Waals surface area contributed by atoms with Crippen molar-refractivity contribution >= 4 is 29.7 Å². The molecule has 0 aromatic heterocycles. The van der Waals surface area contributed by atoms with Crippen LogP contribution in [0, 0.1) is 0 Å². The van der Waals surface area contributed by atoms with Crippen molar-refractivity contribution in [2.45, 2.75) is 77.1 Å². The van der Waals surface area contributed by atoms with Crippen LogP contribution in [0.1, 0.15) is 53.0 Å². The maximum atomic E-state index is 12.8. The largest absolute Gasteiger partial charge is 0.488 e. The van der Waals surface area contributed by atoms with Gasteiger partial charge in [0.05, 0.1) is 6.04 Å². The molecule has 0 saturated carbocycles. The summed E-state index contributed by atoms with van der Waals surface area (Å²) >= 11 is 0. The Balaban J connectivity index is 2.78.